The Balaban J connectivity index is 3.20. The number of amides is 1. The van der Waals surface area contributed by atoms with Gasteiger partial charge in [-0.3, -0.25) is 4.79 Å². The molecule has 0 fully saturated rings. The fraction of sp³-hybridized carbons (Fsp3) is 0.125. The van der Waals surface area contributed by atoms with E-state index in [0.717, 1.165) is 5.56 Å². The van der Waals surface area contributed by atoms with Crippen molar-refractivity contribution in [3.8, 4) is 0 Å². The van der Waals surface area contributed by atoms with Gasteiger partial charge in [0.1, 0.15) is 0 Å². The van der Waals surface area contributed by atoms with Crippen molar-refractivity contribution in [3.63, 3.8) is 0 Å². The van der Waals surface area contributed by atoms with Gasteiger partial charge in [-0.25, -0.2) is 0 Å². The Morgan fingerprint density at radius 1 is 1.55 bits per heavy atom. The zero-order chi connectivity index (χ0) is 8.43. The van der Waals surface area contributed by atoms with Gasteiger partial charge in [-0.15, -0.1) is 12.6 Å². The van der Waals surface area contributed by atoms with E-state index in [0.29, 0.717) is 10.5 Å². The van der Waals surface area contributed by atoms with Crippen LogP contribution in [0.4, 0.5) is 0 Å². The molecule has 0 spiro atoms. The molecule has 0 radical (unpaired) electrons. The van der Waals surface area contributed by atoms with Crippen LogP contribution in [0.2, 0.25) is 0 Å². The molecule has 58 valence electrons. The van der Waals surface area contributed by atoms with Crippen molar-refractivity contribution in [2.75, 3.05) is 0 Å². The molecule has 0 aromatic heterocycles. The molecule has 1 aromatic carbocycles. The van der Waals surface area contributed by atoms with Gasteiger partial charge in [-0.2, -0.15) is 0 Å². The number of aryl methyl sites for hydroxylation is 1. The summed E-state index contributed by atoms with van der Waals surface area (Å²) in [5, 5.41) is 0. The molecule has 2 N–H and O–H groups in total. The summed E-state index contributed by atoms with van der Waals surface area (Å²) in [6.45, 7) is 1.94. The number of carbonyl (C=O) groups is 1. The van der Waals surface area contributed by atoms with Gasteiger partial charge < -0.3 is 5.73 Å². The summed E-state index contributed by atoms with van der Waals surface area (Å²) in [4.78, 5) is 11.3. The normalized spacial score (nSPS) is 9.64. The largest absolute Gasteiger partial charge is 0.366 e. The molecule has 0 aliphatic carbocycles. The van der Waals surface area contributed by atoms with E-state index in [1.165, 1.54) is 0 Å². The second kappa shape index (κ2) is 2.96. The third-order valence-corrected chi connectivity index (χ3v) is 1.79. The first kappa shape index (κ1) is 8.14. The Bertz CT molecular complexity index is 296. The molecule has 0 aliphatic heterocycles. The Kier molecular flexibility index (Phi) is 2.19. The Hall–Kier alpha value is -0.960. The van der Waals surface area contributed by atoms with Crippen molar-refractivity contribution in [1.82, 2.24) is 0 Å². The van der Waals surface area contributed by atoms with Gasteiger partial charge in [0.25, 0.3) is 0 Å². The minimum Gasteiger partial charge on any atom is -0.366 e. The molecule has 3 heteroatoms. The van der Waals surface area contributed by atoms with Crippen molar-refractivity contribution in [2.24, 2.45) is 5.73 Å². The summed E-state index contributed by atoms with van der Waals surface area (Å²) in [5.41, 5.74) is 6.62. The van der Waals surface area contributed by atoms with Crippen LogP contribution in [0, 0.1) is 6.92 Å². The van der Waals surface area contributed by atoms with Crippen LogP contribution in [-0.4, -0.2) is 5.91 Å². The third kappa shape index (κ3) is 1.74. The summed E-state index contributed by atoms with van der Waals surface area (Å²) in [6.07, 6.45) is 0. The summed E-state index contributed by atoms with van der Waals surface area (Å²) in [5.74, 6) is -0.435. The molecule has 0 unspecified atom stereocenters. The van der Waals surface area contributed by atoms with E-state index in [1.54, 1.807) is 6.07 Å². The maximum atomic E-state index is 10.7. The van der Waals surface area contributed by atoms with Crippen LogP contribution in [0.1, 0.15) is 15.9 Å². The average Bonchev–Trinajstić information content (AvgIpc) is 1.85. The zero-order valence-corrected chi connectivity index (χ0v) is 7.06. The third-order valence-electron chi connectivity index (χ3n) is 1.42. The highest BCUT2D eigenvalue weighted by Crippen LogP contribution is 2.14. The molecule has 1 rings (SSSR count). The standard InChI is InChI=1S/C8H9NOS/c1-5-2-3-6(8(9)10)7(11)4-5/h2-4,11H,1H3,(H2,9,10). The van der Waals surface area contributed by atoms with E-state index >= 15 is 0 Å². The second-order valence-corrected chi connectivity index (χ2v) is 2.87. The summed E-state index contributed by atoms with van der Waals surface area (Å²) in [6, 6.07) is 5.32. The summed E-state index contributed by atoms with van der Waals surface area (Å²) < 4.78 is 0. The predicted octanol–water partition coefficient (Wildman–Crippen LogP) is 1.38. The van der Waals surface area contributed by atoms with E-state index in [2.05, 4.69) is 12.6 Å². The lowest BCUT2D eigenvalue weighted by molar-refractivity contribution is 0.0997. The van der Waals surface area contributed by atoms with Crippen molar-refractivity contribution < 1.29 is 4.79 Å². The number of primary amides is 1. The number of hydrogen-bond acceptors (Lipinski definition) is 2. The minimum atomic E-state index is -0.435. The lowest BCUT2D eigenvalue weighted by Gasteiger charge is -2.00. The molecule has 0 heterocycles. The van der Waals surface area contributed by atoms with Crippen molar-refractivity contribution >= 4 is 18.5 Å². The number of hydrogen-bond donors (Lipinski definition) is 2. The smallest absolute Gasteiger partial charge is 0.249 e. The topological polar surface area (TPSA) is 43.1 Å². The van der Waals surface area contributed by atoms with E-state index in [1.807, 2.05) is 19.1 Å². The van der Waals surface area contributed by atoms with Gasteiger partial charge in [0.15, 0.2) is 0 Å². The van der Waals surface area contributed by atoms with Crippen LogP contribution in [0.25, 0.3) is 0 Å². The van der Waals surface area contributed by atoms with Crippen molar-refractivity contribution in [3.05, 3.63) is 29.3 Å². The number of carbonyl (C=O) groups excluding carboxylic acids is 1. The lowest BCUT2D eigenvalue weighted by Crippen LogP contribution is -2.11. The Morgan fingerprint density at radius 2 is 2.18 bits per heavy atom. The molecular formula is C8H9NOS. The van der Waals surface area contributed by atoms with Crippen LogP contribution in [0.3, 0.4) is 0 Å². The van der Waals surface area contributed by atoms with Crippen molar-refractivity contribution in [1.29, 1.82) is 0 Å². The van der Waals surface area contributed by atoms with Crippen LogP contribution >= 0.6 is 12.6 Å². The molecule has 2 nitrogen and oxygen atoms in total. The van der Waals surface area contributed by atoms with Gasteiger partial charge in [0.05, 0.1) is 5.56 Å². The van der Waals surface area contributed by atoms with Crippen LogP contribution in [-0.2, 0) is 0 Å². The molecule has 11 heavy (non-hydrogen) atoms. The molecule has 0 aliphatic rings. The number of rotatable bonds is 1. The number of benzene rings is 1. The fourth-order valence-electron chi connectivity index (χ4n) is 0.850. The Morgan fingerprint density at radius 3 is 2.64 bits per heavy atom. The van der Waals surface area contributed by atoms with E-state index in [4.69, 9.17) is 5.73 Å². The van der Waals surface area contributed by atoms with Crippen LogP contribution in [0.5, 0.6) is 0 Å². The lowest BCUT2D eigenvalue weighted by atomic mass is 10.1. The predicted molar refractivity (Wildman–Crippen MR) is 46.9 cm³/mol. The number of nitrogens with two attached hydrogens (primary N) is 1. The highest BCUT2D eigenvalue weighted by Gasteiger charge is 2.03. The Labute approximate surface area is 70.8 Å². The van der Waals surface area contributed by atoms with Crippen molar-refractivity contribution in [2.45, 2.75) is 11.8 Å². The van der Waals surface area contributed by atoms with E-state index in [-0.39, 0.29) is 0 Å². The monoisotopic (exact) mass is 167 g/mol. The average molecular weight is 167 g/mol. The zero-order valence-electron chi connectivity index (χ0n) is 6.16. The quantitative estimate of drug-likeness (QED) is 0.610. The molecule has 1 amide bonds. The molecular weight excluding hydrogens is 158 g/mol. The highest BCUT2D eigenvalue weighted by molar-refractivity contribution is 7.80. The van der Waals surface area contributed by atoms with Gasteiger partial charge in [-0.05, 0) is 24.6 Å². The van der Waals surface area contributed by atoms with E-state index in [9.17, 15) is 4.79 Å². The minimum absolute atomic E-state index is 0.435. The van der Waals surface area contributed by atoms with Crippen LogP contribution in [0.15, 0.2) is 23.1 Å². The number of thiol groups is 1. The van der Waals surface area contributed by atoms with Gasteiger partial charge in [0.2, 0.25) is 5.91 Å². The van der Waals surface area contributed by atoms with Crippen LogP contribution < -0.4 is 5.73 Å². The SMILES string of the molecule is Cc1ccc(C(N)=O)c(S)c1. The maximum Gasteiger partial charge on any atom is 0.249 e. The van der Waals surface area contributed by atoms with Gasteiger partial charge in [0, 0.05) is 4.90 Å². The highest BCUT2D eigenvalue weighted by atomic mass is 32.1. The summed E-state index contributed by atoms with van der Waals surface area (Å²) in [7, 11) is 0. The molecule has 0 saturated heterocycles. The fourth-order valence-corrected chi connectivity index (χ4v) is 1.24. The molecule has 0 bridgehead atoms. The molecule has 0 atom stereocenters. The van der Waals surface area contributed by atoms with Gasteiger partial charge in [-0.1, -0.05) is 6.07 Å². The first-order valence-electron chi connectivity index (χ1n) is 3.20. The second-order valence-electron chi connectivity index (χ2n) is 2.38. The first-order chi connectivity index (χ1) is 5.11. The van der Waals surface area contributed by atoms with E-state index < -0.39 is 5.91 Å². The van der Waals surface area contributed by atoms with Gasteiger partial charge >= 0.3 is 0 Å². The first-order valence-corrected chi connectivity index (χ1v) is 3.65. The summed E-state index contributed by atoms with van der Waals surface area (Å²) >= 11 is 4.11. The maximum absolute atomic E-state index is 10.7. The molecule has 0 saturated carbocycles. The molecule has 1 aromatic rings.